The lowest BCUT2D eigenvalue weighted by molar-refractivity contribution is 0.414. The van der Waals surface area contributed by atoms with E-state index in [4.69, 9.17) is 10.5 Å². The number of nitrogens with two attached hydrogens (primary N) is 1. The van der Waals surface area contributed by atoms with Gasteiger partial charge in [0.1, 0.15) is 5.75 Å². The maximum absolute atomic E-state index is 5.73. The zero-order valence-electron chi connectivity index (χ0n) is 11.6. The molecule has 19 heavy (non-hydrogen) atoms. The molecule has 0 aliphatic heterocycles. The highest BCUT2D eigenvalue weighted by Gasteiger charge is 2.14. The zero-order valence-corrected chi connectivity index (χ0v) is 11.6. The molecule has 0 aliphatic carbocycles. The first kappa shape index (κ1) is 13.5. The highest BCUT2D eigenvalue weighted by molar-refractivity contribution is 5.30. The fraction of sp³-hybridized carbons (Fsp3) is 0.429. The number of hydrogen-bond acceptors (Lipinski definition) is 4. The predicted molar refractivity (Wildman–Crippen MR) is 74.1 cm³/mol. The quantitative estimate of drug-likeness (QED) is 0.892. The van der Waals surface area contributed by atoms with Crippen LogP contribution in [0.25, 0.3) is 0 Å². The van der Waals surface area contributed by atoms with Crippen molar-refractivity contribution >= 4 is 0 Å². The van der Waals surface area contributed by atoms with E-state index >= 15 is 0 Å². The van der Waals surface area contributed by atoms with Gasteiger partial charge in [-0.1, -0.05) is 17.3 Å². The van der Waals surface area contributed by atoms with Gasteiger partial charge in [0.2, 0.25) is 0 Å². The smallest absolute Gasteiger partial charge is 0.118 e. The minimum atomic E-state index is 0.279. The number of ether oxygens (including phenoxy) is 1. The van der Waals surface area contributed by atoms with Crippen molar-refractivity contribution in [2.24, 2.45) is 5.73 Å². The van der Waals surface area contributed by atoms with E-state index in [-0.39, 0.29) is 6.04 Å². The topological polar surface area (TPSA) is 66.0 Å². The van der Waals surface area contributed by atoms with Crippen LogP contribution in [-0.4, -0.2) is 22.1 Å². The predicted octanol–water partition coefficient (Wildman–Crippen LogP) is 1.92. The average Bonchev–Trinajstić information content (AvgIpc) is 2.82. The first-order valence-electron chi connectivity index (χ1n) is 6.41. The molecule has 0 amide bonds. The Balaban J connectivity index is 2.28. The molecule has 1 heterocycles. The summed E-state index contributed by atoms with van der Waals surface area (Å²) >= 11 is 0. The molecule has 5 heteroatoms. The van der Waals surface area contributed by atoms with Crippen LogP contribution in [0.5, 0.6) is 5.75 Å². The Morgan fingerprint density at radius 1 is 1.26 bits per heavy atom. The second-order valence-corrected chi connectivity index (χ2v) is 4.75. The van der Waals surface area contributed by atoms with E-state index in [2.05, 4.69) is 36.3 Å². The van der Waals surface area contributed by atoms with Gasteiger partial charge in [-0.3, -0.25) is 0 Å². The van der Waals surface area contributed by atoms with Crippen LogP contribution in [0.1, 0.15) is 36.8 Å². The molecule has 2 aromatic rings. The minimum absolute atomic E-state index is 0.279. The monoisotopic (exact) mass is 260 g/mol. The molecule has 2 rings (SSSR count). The van der Waals surface area contributed by atoms with Crippen molar-refractivity contribution in [2.45, 2.75) is 32.9 Å². The fourth-order valence-electron chi connectivity index (χ4n) is 2.04. The van der Waals surface area contributed by atoms with Crippen LogP contribution in [-0.2, 0) is 13.0 Å². The summed E-state index contributed by atoms with van der Waals surface area (Å²) in [6.07, 6.45) is 0.779. The summed E-state index contributed by atoms with van der Waals surface area (Å²) in [4.78, 5) is 0. The maximum atomic E-state index is 5.73. The average molecular weight is 260 g/mol. The Morgan fingerprint density at radius 2 is 1.95 bits per heavy atom. The summed E-state index contributed by atoms with van der Waals surface area (Å²) in [6, 6.07) is 8.30. The SMILES string of the molecule is COc1ccc(Cc2c(CN)nnn2C(C)C)cc1. The van der Waals surface area contributed by atoms with Crippen LogP contribution in [0.4, 0.5) is 0 Å². The molecular formula is C14H20N4O. The van der Waals surface area contributed by atoms with Crippen LogP contribution in [0.2, 0.25) is 0 Å². The van der Waals surface area contributed by atoms with E-state index in [0.717, 1.165) is 23.6 Å². The second-order valence-electron chi connectivity index (χ2n) is 4.75. The molecule has 0 saturated heterocycles. The lowest BCUT2D eigenvalue weighted by atomic mass is 10.1. The van der Waals surface area contributed by atoms with Gasteiger partial charge in [0.05, 0.1) is 18.5 Å². The van der Waals surface area contributed by atoms with E-state index in [9.17, 15) is 0 Å². The Kier molecular flexibility index (Phi) is 4.16. The summed E-state index contributed by atoms with van der Waals surface area (Å²) in [5.74, 6) is 0.860. The van der Waals surface area contributed by atoms with Crippen molar-refractivity contribution < 1.29 is 4.74 Å². The molecule has 0 radical (unpaired) electrons. The molecule has 0 fully saturated rings. The molecule has 5 nitrogen and oxygen atoms in total. The van der Waals surface area contributed by atoms with E-state index in [0.29, 0.717) is 6.54 Å². The summed E-state index contributed by atoms with van der Waals surface area (Å²) < 4.78 is 7.10. The minimum Gasteiger partial charge on any atom is -0.497 e. The molecule has 102 valence electrons. The third-order valence-electron chi connectivity index (χ3n) is 3.08. The molecular weight excluding hydrogens is 240 g/mol. The van der Waals surface area contributed by atoms with Crippen molar-refractivity contribution in [1.82, 2.24) is 15.0 Å². The van der Waals surface area contributed by atoms with Gasteiger partial charge >= 0.3 is 0 Å². The Labute approximate surface area is 113 Å². The number of rotatable bonds is 5. The first-order valence-corrected chi connectivity index (χ1v) is 6.41. The molecule has 0 saturated carbocycles. The van der Waals surface area contributed by atoms with Crippen LogP contribution in [0.15, 0.2) is 24.3 Å². The maximum Gasteiger partial charge on any atom is 0.118 e. The summed E-state index contributed by atoms with van der Waals surface area (Å²) in [6.45, 7) is 4.59. The van der Waals surface area contributed by atoms with Gasteiger partial charge in [0.15, 0.2) is 0 Å². The molecule has 0 atom stereocenters. The Bertz CT molecular complexity index is 531. The highest BCUT2D eigenvalue weighted by atomic mass is 16.5. The van der Waals surface area contributed by atoms with Gasteiger partial charge in [-0.05, 0) is 31.5 Å². The van der Waals surface area contributed by atoms with Crippen LogP contribution in [0.3, 0.4) is 0 Å². The summed E-state index contributed by atoms with van der Waals surface area (Å²) in [5.41, 5.74) is 8.87. The third-order valence-corrected chi connectivity index (χ3v) is 3.08. The summed E-state index contributed by atoms with van der Waals surface area (Å²) in [5, 5.41) is 8.33. The molecule has 0 aliphatic rings. The molecule has 1 aromatic carbocycles. The molecule has 2 N–H and O–H groups in total. The van der Waals surface area contributed by atoms with Crippen molar-refractivity contribution in [1.29, 1.82) is 0 Å². The van der Waals surface area contributed by atoms with Gasteiger partial charge in [0.25, 0.3) is 0 Å². The van der Waals surface area contributed by atoms with Crippen molar-refractivity contribution in [3.8, 4) is 5.75 Å². The third kappa shape index (κ3) is 2.93. The molecule has 0 spiro atoms. The van der Waals surface area contributed by atoms with Gasteiger partial charge in [-0.2, -0.15) is 0 Å². The van der Waals surface area contributed by atoms with Gasteiger partial charge in [-0.25, -0.2) is 4.68 Å². The van der Waals surface area contributed by atoms with E-state index in [1.54, 1.807) is 7.11 Å². The number of nitrogens with zero attached hydrogens (tertiary/aromatic N) is 3. The van der Waals surface area contributed by atoms with Gasteiger partial charge < -0.3 is 10.5 Å². The van der Waals surface area contributed by atoms with Crippen molar-refractivity contribution in [2.75, 3.05) is 7.11 Å². The first-order chi connectivity index (χ1) is 9.15. The largest absolute Gasteiger partial charge is 0.497 e. The van der Waals surface area contributed by atoms with Crippen LogP contribution >= 0.6 is 0 Å². The highest BCUT2D eigenvalue weighted by Crippen LogP contribution is 2.18. The summed E-state index contributed by atoms with van der Waals surface area (Å²) in [7, 11) is 1.67. The second kappa shape index (κ2) is 5.84. The lowest BCUT2D eigenvalue weighted by Gasteiger charge is -2.11. The fourth-order valence-corrected chi connectivity index (χ4v) is 2.04. The van der Waals surface area contributed by atoms with Crippen molar-refractivity contribution in [3.05, 3.63) is 41.2 Å². The van der Waals surface area contributed by atoms with Gasteiger partial charge in [0, 0.05) is 19.0 Å². The zero-order chi connectivity index (χ0) is 13.8. The van der Waals surface area contributed by atoms with Gasteiger partial charge in [-0.15, -0.1) is 5.10 Å². The molecule has 0 bridgehead atoms. The van der Waals surface area contributed by atoms with E-state index < -0.39 is 0 Å². The normalized spacial score (nSPS) is 11.0. The van der Waals surface area contributed by atoms with Crippen molar-refractivity contribution in [3.63, 3.8) is 0 Å². The molecule has 0 unspecified atom stereocenters. The Hall–Kier alpha value is -1.88. The van der Waals surface area contributed by atoms with E-state index in [1.165, 1.54) is 5.56 Å². The standard InChI is InChI=1S/C14H20N4O/c1-10(2)18-14(13(9-15)16-17-18)8-11-4-6-12(19-3)7-5-11/h4-7,10H,8-9,15H2,1-3H3. The lowest BCUT2D eigenvalue weighted by Crippen LogP contribution is -2.10. The van der Waals surface area contributed by atoms with Crippen LogP contribution < -0.4 is 10.5 Å². The van der Waals surface area contributed by atoms with Crippen LogP contribution in [0, 0.1) is 0 Å². The number of hydrogen-bond donors (Lipinski definition) is 1. The van der Waals surface area contributed by atoms with E-state index in [1.807, 2.05) is 16.8 Å². The molecule has 1 aromatic heterocycles. The number of benzene rings is 1. The Morgan fingerprint density at radius 3 is 2.47 bits per heavy atom. The number of methoxy groups -OCH3 is 1. The number of aromatic nitrogens is 3.